The summed E-state index contributed by atoms with van der Waals surface area (Å²) in [4.78, 5) is 45.7. The van der Waals surface area contributed by atoms with Crippen LogP contribution in [-0.2, 0) is 0 Å². The van der Waals surface area contributed by atoms with Crippen LogP contribution in [0.4, 0.5) is 0 Å². The summed E-state index contributed by atoms with van der Waals surface area (Å²) in [6.07, 6.45) is 0. The largest absolute Gasteiger partial charge is 0.478 e. The Labute approximate surface area is 182 Å². The molecule has 0 heterocycles. The van der Waals surface area contributed by atoms with Gasteiger partial charge in [0.25, 0.3) is 0 Å². The number of carboxylic acid groups (broad SMARTS) is 4. The molecule has 0 aromatic heterocycles. The first-order chi connectivity index (χ1) is 15.0. The fourth-order valence-electron chi connectivity index (χ4n) is 3.50. The summed E-state index contributed by atoms with van der Waals surface area (Å²) in [5.41, 5.74) is 2.68. The van der Waals surface area contributed by atoms with Crippen molar-refractivity contribution < 1.29 is 39.6 Å². The Hall–Kier alpha value is -4.46. The summed E-state index contributed by atoms with van der Waals surface area (Å²) in [6.45, 7) is 3.48. The van der Waals surface area contributed by atoms with E-state index in [0.29, 0.717) is 33.4 Å². The third-order valence-electron chi connectivity index (χ3n) is 5.05. The Bertz CT molecular complexity index is 1140. The molecule has 0 unspecified atom stereocenters. The molecule has 3 aromatic rings. The van der Waals surface area contributed by atoms with Gasteiger partial charge in [0.15, 0.2) is 0 Å². The van der Waals surface area contributed by atoms with Crippen LogP contribution in [0.2, 0.25) is 0 Å². The first-order valence-electron chi connectivity index (χ1n) is 9.33. The molecule has 0 bridgehead atoms. The summed E-state index contributed by atoms with van der Waals surface area (Å²) < 4.78 is 0. The molecule has 0 spiro atoms. The fraction of sp³-hybridized carbons (Fsp3) is 0.0833. The number of hydrogen-bond donors (Lipinski definition) is 4. The molecule has 0 fully saturated rings. The van der Waals surface area contributed by atoms with Gasteiger partial charge in [-0.2, -0.15) is 0 Å². The van der Waals surface area contributed by atoms with Crippen molar-refractivity contribution in [2.45, 2.75) is 13.8 Å². The van der Waals surface area contributed by atoms with Gasteiger partial charge >= 0.3 is 23.9 Å². The van der Waals surface area contributed by atoms with Gasteiger partial charge in [0.1, 0.15) is 0 Å². The van der Waals surface area contributed by atoms with Crippen molar-refractivity contribution >= 4 is 23.9 Å². The van der Waals surface area contributed by atoms with E-state index in [1.54, 1.807) is 26.0 Å². The van der Waals surface area contributed by atoms with E-state index in [0.717, 1.165) is 12.1 Å². The van der Waals surface area contributed by atoms with E-state index in [-0.39, 0.29) is 22.3 Å². The maximum absolute atomic E-state index is 11.4. The SMILES string of the molecule is Cc1cc(-c2cc(C(=O)O)cc(C(=O)O)c2)c(C)cc1-c1cc(C(=O)O)cc(C(=O)O)c1. The van der Waals surface area contributed by atoms with Gasteiger partial charge in [0.2, 0.25) is 0 Å². The zero-order valence-electron chi connectivity index (χ0n) is 17.0. The lowest BCUT2D eigenvalue weighted by atomic mass is 9.89. The number of carbonyl (C=O) groups is 4. The first-order valence-corrected chi connectivity index (χ1v) is 9.33. The molecule has 0 saturated heterocycles. The molecule has 3 aromatic carbocycles. The molecular weight excluding hydrogens is 416 g/mol. The van der Waals surface area contributed by atoms with E-state index in [1.807, 2.05) is 0 Å². The van der Waals surface area contributed by atoms with Crippen LogP contribution in [0.3, 0.4) is 0 Å². The van der Waals surface area contributed by atoms with Crippen molar-refractivity contribution in [2.75, 3.05) is 0 Å². The monoisotopic (exact) mass is 434 g/mol. The van der Waals surface area contributed by atoms with Crippen molar-refractivity contribution in [1.82, 2.24) is 0 Å². The zero-order valence-corrected chi connectivity index (χ0v) is 17.0. The van der Waals surface area contributed by atoms with Crippen LogP contribution in [-0.4, -0.2) is 44.3 Å². The lowest BCUT2D eigenvalue weighted by molar-refractivity contribution is 0.0676. The van der Waals surface area contributed by atoms with Crippen LogP contribution in [0, 0.1) is 13.8 Å². The molecule has 0 atom stereocenters. The van der Waals surface area contributed by atoms with E-state index >= 15 is 0 Å². The number of aryl methyl sites for hydroxylation is 2. The second kappa shape index (κ2) is 8.35. The molecule has 0 saturated carbocycles. The number of carboxylic acids is 4. The summed E-state index contributed by atoms with van der Waals surface area (Å²) in [5, 5.41) is 37.3. The molecule has 8 heteroatoms. The molecule has 3 rings (SSSR count). The predicted octanol–water partition coefficient (Wildman–Crippen LogP) is 4.43. The van der Waals surface area contributed by atoms with Crippen molar-refractivity contribution in [3.8, 4) is 22.3 Å². The van der Waals surface area contributed by atoms with Crippen molar-refractivity contribution in [1.29, 1.82) is 0 Å². The molecule has 0 aliphatic carbocycles. The van der Waals surface area contributed by atoms with Gasteiger partial charge in [-0.05, 0) is 83.6 Å². The Morgan fingerprint density at radius 3 is 0.938 bits per heavy atom. The van der Waals surface area contributed by atoms with Gasteiger partial charge in [-0.25, -0.2) is 19.2 Å². The number of benzene rings is 3. The second-order valence-electron chi connectivity index (χ2n) is 7.30. The molecule has 0 amide bonds. The highest BCUT2D eigenvalue weighted by atomic mass is 16.4. The Morgan fingerprint density at radius 1 is 0.469 bits per heavy atom. The average Bonchev–Trinajstić information content (AvgIpc) is 2.74. The van der Waals surface area contributed by atoms with Crippen LogP contribution in [0.5, 0.6) is 0 Å². The van der Waals surface area contributed by atoms with Crippen LogP contribution in [0.25, 0.3) is 22.3 Å². The first kappa shape index (κ1) is 22.2. The third-order valence-corrected chi connectivity index (χ3v) is 5.05. The molecule has 4 N–H and O–H groups in total. The molecule has 0 aliphatic rings. The normalized spacial score (nSPS) is 10.6. The van der Waals surface area contributed by atoms with Crippen molar-refractivity contribution in [3.63, 3.8) is 0 Å². The minimum atomic E-state index is -1.26. The molecule has 162 valence electrons. The van der Waals surface area contributed by atoms with Gasteiger partial charge in [-0.3, -0.25) is 0 Å². The van der Waals surface area contributed by atoms with Gasteiger partial charge in [0.05, 0.1) is 22.3 Å². The number of rotatable bonds is 6. The highest BCUT2D eigenvalue weighted by molar-refractivity contribution is 5.98. The molecule has 32 heavy (non-hydrogen) atoms. The number of hydrogen-bond acceptors (Lipinski definition) is 4. The Balaban J connectivity index is 2.21. The van der Waals surface area contributed by atoms with Crippen LogP contribution < -0.4 is 0 Å². The summed E-state index contributed by atoms with van der Waals surface area (Å²) in [5.74, 6) is -5.03. The topological polar surface area (TPSA) is 149 Å². The van der Waals surface area contributed by atoms with Crippen molar-refractivity contribution in [2.24, 2.45) is 0 Å². The average molecular weight is 434 g/mol. The molecular formula is C24H18O8. The lowest BCUT2D eigenvalue weighted by Gasteiger charge is -2.15. The predicted molar refractivity (Wildman–Crippen MR) is 115 cm³/mol. The highest BCUT2D eigenvalue weighted by Crippen LogP contribution is 2.34. The maximum Gasteiger partial charge on any atom is 0.335 e. The summed E-state index contributed by atoms with van der Waals surface area (Å²) in [6, 6.07) is 11.1. The minimum Gasteiger partial charge on any atom is -0.478 e. The van der Waals surface area contributed by atoms with Crippen molar-refractivity contribution in [3.05, 3.63) is 81.9 Å². The van der Waals surface area contributed by atoms with Crippen LogP contribution >= 0.6 is 0 Å². The van der Waals surface area contributed by atoms with E-state index in [2.05, 4.69) is 0 Å². The van der Waals surface area contributed by atoms with Gasteiger partial charge in [0, 0.05) is 0 Å². The summed E-state index contributed by atoms with van der Waals surface area (Å²) >= 11 is 0. The van der Waals surface area contributed by atoms with Gasteiger partial charge in [-0.1, -0.05) is 12.1 Å². The smallest absolute Gasteiger partial charge is 0.335 e. The standard InChI is InChI=1S/C24H18O8/c1-11-3-20(14-7-17(23(29)30)10-18(8-14)24(31)32)12(2)4-19(11)13-5-15(21(25)26)9-16(6-13)22(27)28/h3-10H,1-2H3,(H,25,26)(H,27,28)(H,29,30)(H,31,32). The van der Waals surface area contributed by atoms with E-state index in [9.17, 15) is 39.6 Å². The highest BCUT2D eigenvalue weighted by Gasteiger charge is 2.17. The Morgan fingerprint density at radius 2 is 0.719 bits per heavy atom. The molecule has 0 aliphatic heterocycles. The number of aromatic carboxylic acids is 4. The van der Waals surface area contributed by atoms with Gasteiger partial charge in [-0.15, -0.1) is 0 Å². The lowest BCUT2D eigenvalue weighted by Crippen LogP contribution is -2.04. The van der Waals surface area contributed by atoms with Crippen LogP contribution in [0.1, 0.15) is 52.6 Å². The minimum absolute atomic E-state index is 0.165. The summed E-state index contributed by atoms with van der Waals surface area (Å²) in [7, 11) is 0. The zero-order chi connectivity index (χ0) is 23.7. The Kier molecular flexibility index (Phi) is 5.80. The van der Waals surface area contributed by atoms with Gasteiger partial charge < -0.3 is 20.4 Å². The van der Waals surface area contributed by atoms with E-state index in [1.165, 1.54) is 24.3 Å². The van der Waals surface area contributed by atoms with E-state index in [4.69, 9.17) is 0 Å². The molecule has 0 radical (unpaired) electrons. The second-order valence-corrected chi connectivity index (χ2v) is 7.30. The fourth-order valence-corrected chi connectivity index (χ4v) is 3.50. The van der Waals surface area contributed by atoms with Crippen LogP contribution in [0.15, 0.2) is 48.5 Å². The quantitative estimate of drug-likeness (QED) is 0.445. The maximum atomic E-state index is 11.4. The third kappa shape index (κ3) is 4.34. The van der Waals surface area contributed by atoms with E-state index < -0.39 is 23.9 Å². The molecule has 8 nitrogen and oxygen atoms in total.